The molecule has 1 amide bonds. The Bertz CT molecular complexity index is 1230. The fourth-order valence-corrected chi connectivity index (χ4v) is 3.09. The number of ketones is 1. The van der Waals surface area contributed by atoms with Gasteiger partial charge in [0, 0.05) is 41.2 Å². The Morgan fingerprint density at radius 3 is 2.67 bits per heavy atom. The van der Waals surface area contributed by atoms with Gasteiger partial charge >= 0.3 is 5.91 Å². The molecule has 0 spiro atoms. The molecule has 1 atom stereocenters. The van der Waals surface area contributed by atoms with Gasteiger partial charge in [-0.25, -0.2) is 0 Å². The van der Waals surface area contributed by atoms with Crippen LogP contribution in [0.2, 0.25) is 0 Å². The Kier molecular flexibility index (Phi) is 7.52. The van der Waals surface area contributed by atoms with Gasteiger partial charge in [0.1, 0.15) is 5.75 Å². The van der Waals surface area contributed by atoms with E-state index >= 15 is 0 Å². The highest BCUT2D eigenvalue weighted by Crippen LogP contribution is 2.19. The highest BCUT2D eigenvalue weighted by Gasteiger charge is 2.25. The van der Waals surface area contributed by atoms with Crippen molar-refractivity contribution in [1.29, 1.82) is 5.41 Å². The molecule has 8 heteroatoms. The lowest BCUT2D eigenvalue weighted by Crippen LogP contribution is -2.56. The maximum absolute atomic E-state index is 12.8. The number of nitrogens with one attached hydrogen (secondary N) is 2. The van der Waals surface area contributed by atoms with E-state index in [0.29, 0.717) is 22.4 Å². The van der Waals surface area contributed by atoms with Crippen molar-refractivity contribution < 1.29 is 25.2 Å². The third-order valence-corrected chi connectivity index (χ3v) is 4.88. The van der Waals surface area contributed by atoms with Crippen molar-refractivity contribution >= 4 is 17.4 Å². The second-order valence-electron chi connectivity index (χ2n) is 7.12. The molecule has 0 aliphatic heterocycles. The van der Waals surface area contributed by atoms with Gasteiger partial charge in [-0.05, 0) is 48.2 Å². The quantitative estimate of drug-likeness (QED) is 0.203. The Labute approximate surface area is 190 Å². The average Bonchev–Trinajstić information content (AvgIpc) is 2.84. The lowest BCUT2D eigenvalue weighted by atomic mass is 9.95. The maximum atomic E-state index is 12.8. The molecule has 8 nitrogen and oxygen atoms in total. The standard InChI is InChI=1S/C25H22N4O4/c1-33-18-10-8-16(9-11-18)24(31)14-21(27)25(32)29-22(19-6-2-3-7-23(19)30)13-20(26)17-5-4-12-28-15-17/h2,4-6,8-12,14-15,22,26,30H,13,27H2,1H3,(H,29,32)/p+1/b21-14-,26-20?. The monoisotopic (exact) mass is 443 g/mol. The summed E-state index contributed by atoms with van der Waals surface area (Å²) >= 11 is 0. The molecule has 0 radical (unpaired) electrons. The highest BCUT2D eigenvalue weighted by atomic mass is 16.5. The zero-order chi connectivity index (χ0) is 23.8. The van der Waals surface area contributed by atoms with Gasteiger partial charge in [-0.3, -0.25) is 14.6 Å². The van der Waals surface area contributed by atoms with Gasteiger partial charge in [-0.15, -0.1) is 0 Å². The molecule has 33 heavy (non-hydrogen) atoms. The summed E-state index contributed by atoms with van der Waals surface area (Å²) in [6.45, 7) is 0. The van der Waals surface area contributed by atoms with Gasteiger partial charge < -0.3 is 26.3 Å². The molecule has 1 aromatic heterocycles. The molecule has 0 fully saturated rings. The predicted molar refractivity (Wildman–Crippen MR) is 122 cm³/mol. The van der Waals surface area contributed by atoms with E-state index in [4.69, 9.17) is 10.1 Å². The van der Waals surface area contributed by atoms with Gasteiger partial charge in [0.25, 0.3) is 0 Å². The summed E-state index contributed by atoms with van der Waals surface area (Å²) < 4.78 is 5.08. The molecule has 2 aromatic rings. The number of aliphatic hydroxyl groups excluding tert-OH is 1. The summed E-state index contributed by atoms with van der Waals surface area (Å²) in [6, 6.07) is 9.16. The van der Waals surface area contributed by atoms with Crippen LogP contribution in [0.5, 0.6) is 5.75 Å². The first-order valence-electron chi connectivity index (χ1n) is 10.0. The molecular weight excluding hydrogens is 420 g/mol. The second kappa shape index (κ2) is 10.7. The van der Waals surface area contributed by atoms with E-state index in [-0.39, 0.29) is 29.4 Å². The maximum Gasteiger partial charge on any atom is 0.305 e. The summed E-state index contributed by atoms with van der Waals surface area (Å²) in [5, 5.41) is 21.4. The van der Waals surface area contributed by atoms with Crippen LogP contribution in [0.15, 0.2) is 95.5 Å². The first-order chi connectivity index (χ1) is 15.9. The van der Waals surface area contributed by atoms with E-state index < -0.39 is 11.9 Å². The van der Waals surface area contributed by atoms with Crippen molar-refractivity contribution in [2.75, 3.05) is 7.11 Å². The lowest BCUT2D eigenvalue weighted by molar-refractivity contribution is -0.298. The van der Waals surface area contributed by atoms with Gasteiger partial charge in [-0.1, -0.05) is 11.8 Å². The summed E-state index contributed by atoms with van der Waals surface area (Å²) in [5.74, 6) is -0.569. The van der Waals surface area contributed by atoms with Crippen molar-refractivity contribution in [2.45, 2.75) is 12.5 Å². The molecule has 0 saturated heterocycles. The van der Waals surface area contributed by atoms with Crippen molar-refractivity contribution in [3.05, 3.63) is 107 Å². The highest BCUT2D eigenvalue weighted by molar-refractivity contribution is 6.08. The number of amides is 1. The van der Waals surface area contributed by atoms with Crippen molar-refractivity contribution in [1.82, 2.24) is 10.3 Å². The Hall–Kier alpha value is -4.48. The van der Waals surface area contributed by atoms with Gasteiger partial charge in [0.05, 0.1) is 19.2 Å². The molecule has 1 heterocycles. The summed E-state index contributed by atoms with van der Waals surface area (Å²) in [4.78, 5) is 29.3. The summed E-state index contributed by atoms with van der Waals surface area (Å²) in [5.41, 5.74) is 10.4. The van der Waals surface area contributed by atoms with E-state index in [1.165, 1.54) is 7.11 Å². The van der Waals surface area contributed by atoms with Crippen LogP contribution in [0.3, 0.4) is 0 Å². The zero-order valence-electron chi connectivity index (χ0n) is 18.0. The van der Waals surface area contributed by atoms with Crippen LogP contribution >= 0.6 is 0 Å². The number of ether oxygens (including phenoxy) is 1. The number of hydrogen-bond donors (Lipinski definition) is 4. The minimum Gasteiger partial charge on any atom is -0.500 e. The Morgan fingerprint density at radius 1 is 1.27 bits per heavy atom. The lowest BCUT2D eigenvalue weighted by Gasteiger charge is -2.21. The third-order valence-electron chi connectivity index (χ3n) is 4.88. The van der Waals surface area contributed by atoms with Crippen LogP contribution in [0, 0.1) is 5.41 Å². The molecular formula is C25H23N4O4+. The number of aromatic nitrogens is 1. The molecule has 1 aliphatic carbocycles. The van der Waals surface area contributed by atoms with Gasteiger partial charge in [-0.2, -0.15) is 0 Å². The number of rotatable bonds is 9. The van der Waals surface area contributed by atoms with Crippen LogP contribution in [0.4, 0.5) is 0 Å². The van der Waals surface area contributed by atoms with Crippen LogP contribution in [-0.2, 0) is 4.79 Å². The Balaban J connectivity index is 1.78. The first kappa shape index (κ1) is 23.2. The fourth-order valence-electron chi connectivity index (χ4n) is 3.09. The molecule has 1 aromatic carbocycles. The average molecular weight is 443 g/mol. The van der Waals surface area contributed by atoms with Crippen molar-refractivity contribution in [3.8, 4) is 5.75 Å². The number of hydrogen-bond acceptors (Lipinski definition) is 6. The number of benzene rings is 1. The van der Waals surface area contributed by atoms with Crippen molar-refractivity contribution in [2.24, 2.45) is 0 Å². The number of carbonyl (C=O) groups excluding carboxylic acids is 2. The Morgan fingerprint density at radius 2 is 2.03 bits per heavy atom. The molecule has 3 rings (SSSR count). The second-order valence-corrected chi connectivity index (χ2v) is 7.12. The molecule has 0 bridgehead atoms. The fraction of sp³-hybridized carbons (Fsp3) is 0.120. The normalized spacial score (nSPS) is 13.6. The minimum absolute atomic E-state index is 0.0558. The van der Waals surface area contributed by atoms with E-state index in [1.807, 2.05) is 0 Å². The van der Waals surface area contributed by atoms with Crippen LogP contribution in [0.25, 0.3) is 0 Å². The van der Waals surface area contributed by atoms with Crippen molar-refractivity contribution in [3.63, 3.8) is 0 Å². The van der Waals surface area contributed by atoms with Gasteiger partial charge in [0.15, 0.2) is 17.2 Å². The number of pyridine rings is 1. The molecule has 1 unspecified atom stereocenters. The molecule has 0 saturated carbocycles. The van der Waals surface area contributed by atoms with E-state index in [9.17, 15) is 14.7 Å². The summed E-state index contributed by atoms with van der Waals surface area (Å²) in [6.07, 6.45) is 7.50. The third kappa shape index (κ3) is 6.03. The first-order valence-corrected chi connectivity index (χ1v) is 10.0. The van der Waals surface area contributed by atoms with Gasteiger partial charge in [0.2, 0.25) is 0 Å². The predicted octanol–water partition coefficient (Wildman–Crippen LogP) is 2.03. The number of quaternary nitrogens is 1. The number of allylic oxidation sites excluding steroid dienone is 3. The van der Waals surface area contributed by atoms with E-state index in [1.54, 1.807) is 60.9 Å². The SMILES string of the molecule is COc1ccc(C(=O)/C=C(\[NH3+])C(=O)NC(CC(=N)c2cccnc2)C2=CC=C=C=C2O)cc1. The van der Waals surface area contributed by atoms with Crippen LogP contribution < -0.4 is 15.8 Å². The van der Waals surface area contributed by atoms with E-state index in [0.717, 1.165) is 6.08 Å². The van der Waals surface area contributed by atoms with Crippen LogP contribution in [-0.4, -0.2) is 40.6 Å². The van der Waals surface area contributed by atoms with E-state index in [2.05, 4.69) is 27.5 Å². The largest absolute Gasteiger partial charge is 0.500 e. The smallest absolute Gasteiger partial charge is 0.305 e. The van der Waals surface area contributed by atoms with Crippen LogP contribution in [0.1, 0.15) is 22.3 Å². The topological polar surface area (TPSA) is 140 Å². The minimum atomic E-state index is -0.766. The number of carbonyl (C=O) groups is 2. The summed E-state index contributed by atoms with van der Waals surface area (Å²) in [7, 11) is 1.53. The number of methoxy groups -OCH3 is 1. The number of aliphatic hydroxyl groups is 1. The zero-order valence-corrected chi connectivity index (χ0v) is 18.0. The number of nitrogens with zero attached hydrogens (tertiary/aromatic N) is 1. The molecule has 6 N–H and O–H groups in total. The molecule has 166 valence electrons. The molecule has 1 aliphatic rings.